The number of hydrogen-bond donors (Lipinski definition) is 1. The number of amides is 1. The number of para-hydroxylation sites is 2. The molecule has 0 bridgehead atoms. The van der Waals surface area contributed by atoms with Gasteiger partial charge in [-0.1, -0.05) is 35.9 Å². The molecule has 6 heteroatoms. The van der Waals surface area contributed by atoms with Gasteiger partial charge in [0.05, 0.1) is 26.2 Å². The van der Waals surface area contributed by atoms with Crippen LogP contribution in [0.3, 0.4) is 0 Å². The van der Waals surface area contributed by atoms with Gasteiger partial charge in [-0.15, -0.1) is 0 Å². The Bertz CT molecular complexity index is 1350. The summed E-state index contributed by atoms with van der Waals surface area (Å²) in [7, 11) is 3.18. The third kappa shape index (κ3) is 4.45. The van der Waals surface area contributed by atoms with Crippen molar-refractivity contribution in [1.82, 2.24) is 0 Å². The van der Waals surface area contributed by atoms with E-state index in [1.54, 1.807) is 38.7 Å². The van der Waals surface area contributed by atoms with E-state index < -0.39 is 0 Å². The number of furan rings is 1. The molecule has 0 saturated heterocycles. The van der Waals surface area contributed by atoms with Crippen LogP contribution in [0.5, 0.6) is 11.5 Å². The van der Waals surface area contributed by atoms with Crippen LogP contribution in [0.4, 0.5) is 5.69 Å². The lowest BCUT2D eigenvalue weighted by atomic mass is 9.96. The number of fused-ring (bicyclic) bond motifs is 1. The fourth-order valence-corrected chi connectivity index (χ4v) is 4.04. The lowest BCUT2D eigenvalue weighted by Gasteiger charge is -2.14. The Kier molecular flexibility index (Phi) is 6.43. The van der Waals surface area contributed by atoms with Crippen LogP contribution in [0.15, 0.2) is 71.4 Å². The summed E-state index contributed by atoms with van der Waals surface area (Å²) < 4.78 is 16.9. The minimum Gasteiger partial charge on any atom is -0.496 e. The largest absolute Gasteiger partial charge is 0.496 e. The van der Waals surface area contributed by atoms with E-state index in [1.165, 1.54) is 0 Å². The molecular formula is C27H24ClNO4. The highest BCUT2D eigenvalue weighted by atomic mass is 35.5. The summed E-state index contributed by atoms with van der Waals surface area (Å²) in [6.07, 6.45) is 3.29. The first-order chi connectivity index (χ1) is 15.9. The molecule has 0 unspecified atom stereocenters. The van der Waals surface area contributed by atoms with Crippen molar-refractivity contribution < 1.29 is 18.7 Å². The Morgan fingerprint density at radius 3 is 2.48 bits per heavy atom. The van der Waals surface area contributed by atoms with Gasteiger partial charge in [0.25, 0.3) is 0 Å². The molecule has 0 aliphatic heterocycles. The Hall–Kier alpha value is -3.70. The summed E-state index contributed by atoms with van der Waals surface area (Å²) in [4.78, 5) is 12.8. The fraction of sp³-hybridized carbons (Fsp3) is 0.148. The standard InChI is InChI=1S/C27H24ClNO4/c1-16(13-25(30)29-23-7-5-6-8-24(23)31-3)20-14-21-22(18-9-11-19(28)12-10-18)15-33-27(21)17(2)26(20)32-4/h5-15H,1-4H3,(H,29,30)/b16-13+. The molecule has 0 fully saturated rings. The third-order valence-electron chi connectivity index (χ3n) is 5.54. The van der Waals surface area contributed by atoms with E-state index >= 15 is 0 Å². The predicted molar refractivity (Wildman–Crippen MR) is 133 cm³/mol. The van der Waals surface area contributed by atoms with Crippen LogP contribution in [-0.2, 0) is 4.79 Å². The van der Waals surface area contributed by atoms with Gasteiger partial charge < -0.3 is 19.2 Å². The summed E-state index contributed by atoms with van der Waals surface area (Å²) in [5.41, 5.74) is 5.72. The Morgan fingerprint density at radius 2 is 1.79 bits per heavy atom. The lowest BCUT2D eigenvalue weighted by Crippen LogP contribution is -2.09. The van der Waals surface area contributed by atoms with Crippen LogP contribution < -0.4 is 14.8 Å². The maximum atomic E-state index is 12.8. The second kappa shape index (κ2) is 9.43. The number of halogens is 1. The molecule has 0 spiro atoms. The predicted octanol–water partition coefficient (Wildman–Crippen LogP) is 7.12. The van der Waals surface area contributed by atoms with Crippen molar-refractivity contribution >= 4 is 39.7 Å². The summed E-state index contributed by atoms with van der Waals surface area (Å²) in [6, 6.07) is 16.9. The highest BCUT2D eigenvalue weighted by molar-refractivity contribution is 6.30. The molecule has 3 aromatic carbocycles. The molecule has 0 atom stereocenters. The number of ether oxygens (including phenoxy) is 2. The molecule has 4 rings (SSSR count). The average Bonchev–Trinajstić information content (AvgIpc) is 3.24. The monoisotopic (exact) mass is 461 g/mol. The number of allylic oxidation sites excluding steroid dienone is 1. The lowest BCUT2D eigenvalue weighted by molar-refractivity contribution is -0.111. The number of methoxy groups -OCH3 is 2. The summed E-state index contributed by atoms with van der Waals surface area (Å²) in [5, 5.41) is 4.48. The highest BCUT2D eigenvalue weighted by Gasteiger charge is 2.19. The third-order valence-corrected chi connectivity index (χ3v) is 5.79. The zero-order valence-electron chi connectivity index (χ0n) is 18.9. The Labute approximate surface area is 197 Å². The number of carbonyl (C=O) groups excluding carboxylic acids is 1. The molecule has 1 N–H and O–H groups in total. The Balaban J connectivity index is 1.76. The van der Waals surface area contributed by atoms with Crippen molar-refractivity contribution in [2.45, 2.75) is 13.8 Å². The van der Waals surface area contributed by atoms with Gasteiger partial charge in [0.15, 0.2) is 0 Å². The quantitative estimate of drug-likeness (QED) is 0.310. The second-order valence-electron chi connectivity index (χ2n) is 7.63. The van der Waals surface area contributed by atoms with Crippen molar-refractivity contribution in [3.63, 3.8) is 0 Å². The topological polar surface area (TPSA) is 60.7 Å². The first-order valence-electron chi connectivity index (χ1n) is 10.4. The highest BCUT2D eigenvalue weighted by Crippen LogP contribution is 2.40. The summed E-state index contributed by atoms with van der Waals surface area (Å²) in [5.74, 6) is 0.998. The number of hydrogen-bond acceptors (Lipinski definition) is 4. The van der Waals surface area contributed by atoms with Crippen LogP contribution in [-0.4, -0.2) is 20.1 Å². The van der Waals surface area contributed by atoms with E-state index in [4.69, 9.17) is 25.5 Å². The first-order valence-corrected chi connectivity index (χ1v) is 10.8. The normalized spacial score (nSPS) is 11.5. The van der Waals surface area contributed by atoms with Crippen molar-refractivity contribution in [2.24, 2.45) is 0 Å². The van der Waals surface area contributed by atoms with Crippen LogP contribution in [0.1, 0.15) is 18.1 Å². The zero-order valence-corrected chi connectivity index (χ0v) is 19.6. The van der Waals surface area contributed by atoms with Gasteiger partial charge in [-0.25, -0.2) is 0 Å². The molecule has 0 radical (unpaired) electrons. The number of rotatable bonds is 6. The Morgan fingerprint density at radius 1 is 1.06 bits per heavy atom. The number of benzene rings is 3. The molecule has 1 heterocycles. The van der Waals surface area contributed by atoms with Crippen LogP contribution in [0.2, 0.25) is 5.02 Å². The SMILES string of the molecule is COc1ccccc1NC(=O)/C=C(\C)c1cc2c(-c3ccc(Cl)cc3)coc2c(C)c1OC. The van der Waals surface area contributed by atoms with Crippen molar-refractivity contribution in [2.75, 3.05) is 19.5 Å². The molecule has 5 nitrogen and oxygen atoms in total. The molecule has 0 aliphatic rings. The van der Waals surface area contributed by atoms with Gasteiger partial charge >= 0.3 is 0 Å². The molecule has 0 aliphatic carbocycles. The molecule has 0 saturated carbocycles. The number of carbonyl (C=O) groups is 1. The average molecular weight is 462 g/mol. The van der Waals surface area contributed by atoms with Crippen molar-refractivity contribution in [3.05, 3.63) is 83.1 Å². The molecular weight excluding hydrogens is 438 g/mol. The molecule has 1 amide bonds. The van der Waals surface area contributed by atoms with Gasteiger partial charge in [0.2, 0.25) is 5.91 Å². The molecule has 33 heavy (non-hydrogen) atoms. The van der Waals surface area contributed by atoms with Crippen molar-refractivity contribution in [1.29, 1.82) is 0 Å². The van der Waals surface area contributed by atoms with E-state index in [9.17, 15) is 4.79 Å². The number of aryl methyl sites for hydroxylation is 1. The van der Waals surface area contributed by atoms with Gasteiger partial charge in [-0.2, -0.15) is 0 Å². The van der Waals surface area contributed by atoms with Gasteiger partial charge in [-0.3, -0.25) is 4.79 Å². The number of nitrogens with one attached hydrogen (secondary N) is 1. The summed E-state index contributed by atoms with van der Waals surface area (Å²) >= 11 is 6.06. The summed E-state index contributed by atoms with van der Waals surface area (Å²) in [6.45, 7) is 3.83. The first kappa shape index (κ1) is 22.5. The van der Waals surface area contributed by atoms with Gasteiger partial charge in [0, 0.05) is 33.2 Å². The van der Waals surface area contributed by atoms with Crippen molar-refractivity contribution in [3.8, 4) is 22.6 Å². The zero-order chi connectivity index (χ0) is 23.5. The second-order valence-corrected chi connectivity index (χ2v) is 8.07. The van der Waals surface area contributed by atoms with E-state index in [-0.39, 0.29) is 5.91 Å². The fourth-order valence-electron chi connectivity index (χ4n) is 3.92. The maximum Gasteiger partial charge on any atom is 0.248 e. The van der Waals surface area contributed by atoms with Gasteiger partial charge in [0.1, 0.15) is 17.1 Å². The van der Waals surface area contributed by atoms with E-state index in [2.05, 4.69) is 5.32 Å². The number of anilines is 1. The van der Waals surface area contributed by atoms with E-state index in [0.717, 1.165) is 38.8 Å². The molecule has 1 aromatic heterocycles. The van der Waals surface area contributed by atoms with Crippen LogP contribution >= 0.6 is 11.6 Å². The van der Waals surface area contributed by atoms with Crippen LogP contribution in [0, 0.1) is 6.92 Å². The molecule has 168 valence electrons. The van der Waals surface area contributed by atoms with Gasteiger partial charge in [-0.05, 0) is 55.3 Å². The minimum absolute atomic E-state index is 0.262. The maximum absolute atomic E-state index is 12.8. The van der Waals surface area contributed by atoms with E-state index in [0.29, 0.717) is 22.2 Å². The minimum atomic E-state index is -0.262. The van der Waals surface area contributed by atoms with E-state index in [1.807, 2.05) is 56.3 Å². The smallest absolute Gasteiger partial charge is 0.248 e. The van der Waals surface area contributed by atoms with Crippen LogP contribution in [0.25, 0.3) is 27.7 Å². The molecule has 4 aromatic rings.